The predicted octanol–water partition coefficient (Wildman–Crippen LogP) is 1.49. The summed E-state index contributed by atoms with van der Waals surface area (Å²) in [6.07, 6.45) is 0. The Labute approximate surface area is 85.9 Å². The molecule has 0 unspecified atom stereocenters. The Bertz CT molecular complexity index is 269. The molecule has 0 aliphatic carbocycles. The molecule has 0 rings (SSSR count). The second-order valence-corrected chi connectivity index (χ2v) is 4.34. The minimum Gasteiger partial charge on any atom is -0.481 e. The molecule has 0 aromatic carbocycles. The van der Waals surface area contributed by atoms with Gasteiger partial charge >= 0.3 is 5.97 Å². The highest BCUT2D eigenvalue weighted by molar-refractivity contribution is 5.75. The van der Waals surface area contributed by atoms with Gasteiger partial charge in [0.05, 0.1) is 12.0 Å². The molecule has 3 nitrogen and oxygen atoms in total. The van der Waals surface area contributed by atoms with Gasteiger partial charge in [-0.3, -0.25) is 4.79 Å². The smallest absolute Gasteiger partial charge is 0.310 e. The van der Waals surface area contributed by atoms with Crippen molar-refractivity contribution in [1.29, 1.82) is 0 Å². The third kappa shape index (κ3) is 2.74. The first-order chi connectivity index (χ1) is 6.25. The molecule has 0 heterocycles. The van der Waals surface area contributed by atoms with E-state index in [-0.39, 0.29) is 0 Å². The lowest BCUT2D eigenvalue weighted by molar-refractivity contribution is -0.151. The van der Waals surface area contributed by atoms with Gasteiger partial charge in [0.2, 0.25) is 0 Å². The van der Waals surface area contributed by atoms with Gasteiger partial charge in [-0.2, -0.15) is 0 Å². The monoisotopic (exact) mass is 197 g/mol. The number of nitrogens with one attached hydrogen (secondary N) is 1. The molecule has 0 amide bonds. The van der Waals surface area contributed by atoms with Gasteiger partial charge in [0.15, 0.2) is 0 Å². The zero-order valence-electron chi connectivity index (χ0n) is 9.56. The Hall–Kier alpha value is -1.01. The molecule has 0 fully saturated rings. The normalized spacial score (nSPS) is 11.8. The minimum absolute atomic E-state index is 0.483. The summed E-state index contributed by atoms with van der Waals surface area (Å²) >= 11 is 0. The third-order valence-electron chi connectivity index (χ3n) is 2.89. The van der Waals surface area contributed by atoms with Crippen molar-refractivity contribution < 1.29 is 9.90 Å². The van der Waals surface area contributed by atoms with E-state index in [1.807, 2.05) is 13.8 Å². The van der Waals surface area contributed by atoms with Gasteiger partial charge in [0, 0.05) is 5.54 Å². The van der Waals surface area contributed by atoms with Crippen LogP contribution in [0.25, 0.3) is 0 Å². The van der Waals surface area contributed by atoms with Crippen LogP contribution in [0.15, 0.2) is 0 Å². The van der Waals surface area contributed by atoms with Gasteiger partial charge in [0.1, 0.15) is 0 Å². The standard InChI is InChI=1S/C11H19NO2/c1-6-7-8-12-11(4,5)10(2,3)9(13)14/h12H,8H2,1-5H3,(H,13,14). The van der Waals surface area contributed by atoms with E-state index in [2.05, 4.69) is 17.2 Å². The van der Waals surface area contributed by atoms with Crippen LogP contribution in [0.2, 0.25) is 0 Å². The highest BCUT2D eigenvalue weighted by Gasteiger charge is 2.42. The number of hydrogen-bond donors (Lipinski definition) is 2. The minimum atomic E-state index is -0.817. The quantitative estimate of drug-likeness (QED) is 0.671. The lowest BCUT2D eigenvalue weighted by Crippen LogP contribution is -2.55. The van der Waals surface area contributed by atoms with Crippen LogP contribution in [0.1, 0.15) is 34.6 Å². The average Bonchev–Trinajstić information content (AvgIpc) is 2.04. The molecule has 0 aromatic heterocycles. The first kappa shape index (κ1) is 13.0. The molecule has 0 saturated carbocycles. The van der Waals surface area contributed by atoms with Crippen LogP contribution < -0.4 is 5.32 Å². The van der Waals surface area contributed by atoms with Crippen molar-refractivity contribution in [3.63, 3.8) is 0 Å². The molecule has 0 aliphatic rings. The van der Waals surface area contributed by atoms with Crippen molar-refractivity contribution >= 4 is 5.97 Å². The summed E-state index contributed by atoms with van der Waals surface area (Å²) in [5, 5.41) is 12.2. The van der Waals surface area contributed by atoms with E-state index >= 15 is 0 Å². The van der Waals surface area contributed by atoms with Crippen molar-refractivity contribution in [2.24, 2.45) is 5.41 Å². The average molecular weight is 197 g/mol. The topological polar surface area (TPSA) is 49.3 Å². The van der Waals surface area contributed by atoms with Crippen LogP contribution in [0.5, 0.6) is 0 Å². The van der Waals surface area contributed by atoms with Crippen molar-refractivity contribution in [1.82, 2.24) is 5.32 Å². The Morgan fingerprint density at radius 3 is 2.21 bits per heavy atom. The fourth-order valence-electron chi connectivity index (χ4n) is 0.842. The van der Waals surface area contributed by atoms with E-state index in [1.54, 1.807) is 20.8 Å². The van der Waals surface area contributed by atoms with Gasteiger partial charge in [-0.1, -0.05) is 5.92 Å². The van der Waals surface area contributed by atoms with Crippen molar-refractivity contribution in [3.8, 4) is 11.8 Å². The van der Waals surface area contributed by atoms with E-state index in [0.29, 0.717) is 6.54 Å². The molecular formula is C11H19NO2. The number of carbonyl (C=O) groups is 1. The molecule has 14 heavy (non-hydrogen) atoms. The molecule has 0 spiro atoms. The molecule has 3 heteroatoms. The first-order valence-electron chi connectivity index (χ1n) is 4.63. The van der Waals surface area contributed by atoms with E-state index in [1.165, 1.54) is 0 Å². The second kappa shape index (κ2) is 4.47. The summed E-state index contributed by atoms with van der Waals surface area (Å²) in [5.41, 5.74) is -1.30. The zero-order chi connectivity index (χ0) is 11.4. The summed E-state index contributed by atoms with van der Waals surface area (Å²) in [6.45, 7) is 9.44. The van der Waals surface area contributed by atoms with Crippen LogP contribution in [0, 0.1) is 17.3 Å². The number of carboxylic acid groups (broad SMARTS) is 1. The Morgan fingerprint density at radius 2 is 1.86 bits per heavy atom. The highest BCUT2D eigenvalue weighted by Crippen LogP contribution is 2.30. The molecular weight excluding hydrogens is 178 g/mol. The van der Waals surface area contributed by atoms with E-state index in [0.717, 1.165) is 0 Å². The molecule has 2 N–H and O–H groups in total. The summed E-state index contributed by atoms with van der Waals surface area (Å²) in [5.74, 6) is 4.82. The first-order valence-corrected chi connectivity index (χ1v) is 4.63. The summed E-state index contributed by atoms with van der Waals surface area (Å²) in [4.78, 5) is 11.0. The van der Waals surface area contributed by atoms with Crippen molar-refractivity contribution in [2.45, 2.75) is 40.2 Å². The van der Waals surface area contributed by atoms with E-state index in [4.69, 9.17) is 5.11 Å². The summed E-state index contributed by atoms with van der Waals surface area (Å²) < 4.78 is 0. The van der Waals surface area contributed by atoms with Gasteiger partial charge in [-0.15, -0.1) is 5.92 Å². The second-order valence-electron chi connectivity index (χ2n) is 4.34. The van der Waals surface area contributed by atoms with Crippen molar-refractivity contribution in [3.05, 3.63) is 0 Å². The maximum Gasteiger partial charge on any atom is 0.310 e. The fourth-order valence-corrected chi connectivity index (χ4v) is 0.842. The molecule has 80 valence electrons. The highest BCUT2D eigenvalue weighted by atomic mass is 16.4. The lowest BCUT2D eigenvalue weighted by Gasteiger charge is -2.38. The van der Waals surface area contributed by atoms with Crippen LogP contribution in [0.4, 0.5) is 0 Å². The molecule has 0 radical (unpaired) electrons. The van der Waals surface area contributed by atoms with Crippen LogP contribution in [-0.2, 0) is 4.79 Å². The van der Waals surface area contributed by atoms with Crippen LogP contribution >= 0.6 is 0 Å². The number of rotatable bonds is 4. The van der Waals surface area contributed by atoms with Crippen molar-refractivity contribution in [2.75, 3.05) is 6.54 Å². The number of hydrogen-bond acceptors (Lipinski definition) is 2. The Kier molecular flexibility index (Phi) is 4.15. The number of aliphatic carboxylic acids is 1. The lowest BCUT2D eigenvalue weighted by atomic mass is 9.74. The van der Waals surface area contributed by atoms with Crippen LogP contribution in [-0.4, -0.2) is 23.2 Å². The van der Waals surface area contributed by atoms with Gasteiger partial charge in [0.25, 0.3) is 0 Å². The SMILES string of the molecule is CC#CCNC(C)(C)C(C)(C)C(=O)O. The predicted molar refractivity (Wildman–Crippen MR) is 56.9 cm³/mol. The van der Waals surface area contributed by atoms with Gasteiger partial charge in [-0.25, -0.2) is 0 Å². The molecule has 0 aromatic rings. The molecule has 0 saturated heterocycles. The maximum atomic E-state index is 11.0. The zero-order valence-corrected chi connectivity index (χ0v) is 9.56. The third-order valence-corrected chi connectivity index (χ3v) is 2.89. The Morgan fingerprint density at radius 1 is 1.36 bits per heavy atom. The fraction of sp³-hybridized carbons (Fsp3) is 0.727. The molecule has 0 bridgehead atoms. The van der Waals surface area contributed by atoms with Crippen LogP contribution in [0.3, 0.4) is 0 Å². The van der Waals surface area contributed by atoms with E-state index in [9.17, 15) is 4.79 Å². The number of carboxylic acids is 1. The summed E-state index contributed by atoms with van der Waals surface area (Å²) in [6, 6.07) is 0. The van der Waals surface area contributed by atoms with Gasteiger partial charge < -0.3 is 10.4 Å². The Balaban J connectivity index is 4.56. The maximum absolute atomic E-state index is 11.0. The summed E-state index contributed by atoms with van der Waals surface area (Å²) in [7, 11) is 0. The molecule has 0 atom stereocenters. The largest absolute Gasteiger partial charge is 0.481 e. The molecule has 0 aliphatic heterocycles. The van der Waals surface area contributed by atoms with E-state index < -0.39 is 16.9 Å². The van der Waals surface area contributed by atoms with Gasteiger partial charge in [-0.05, 0) is 34.6 Å².